The standard InChI is InChI=1S/C18H24ClNO/c1-4-14(5-2)20-12-13(3)21-18-11-10-17(19)15-8-6-7-9-16(15)18/h6-11,13-14,20H,4-5,12H2,1-3H3. The molecule has 0 aromatic heterocycles. The van der Waals surface area contributed by atoms with Gasteiger partial charge in [-0.1, -0.05) is 49.7 Å². The fourth-order valence-electron chi connectivity index (χ4n) is 2.51. The minimum atomic E-state index is 0.121. The largest absolute Gasteiger partial charge is 0.489 e. The molecule has 1 N–H and O–H groups in total. The number of rotatable bonds is 7. The molecule has 3 heteroatoms. The first-order valence-electron chi connectivity index (χ1n) is 7.73. The number of ether oxygens (including phenoxy) is 1. The molecule has 2 rings (SSSR count). The van der Waals surface area contributed by atoms with Gasteiger partial charge in [-0.2, -0.15) is 0 Å². The van der Waals surface area contributed by atoms with Crippen LogP contribution in [0.1, 0.15) is 33.6 Å². The Morgan fingerprint density at radius 1 is 1.05 bits per heavy atom. The molecule has 0 saturated carbocycles. The molecule has 0 bridgehead atoms. The van der Waals surface area contributed by atoms with Gasteiger partial charge in [-0.15, -0.1) is 0 Å². The van der Waals surface area contributed by atoms with Crippen molar-refractivity contribution in [2.75, 3.05) is 6.54 Å². The van der Waals surface area contributed by atoms with Crippen molar-refractivity contribution < 1.29 is 4.74 Å². The van der Waals surface area contributed by atoms with E-state index in [1.807, 2.05) is 30.3 Å². The molecule has 0 aliphatic carbocycles. The van der Waals surface area contributed by atoms with Crippen LogP contribution in [0.2, 0.25) is 5.02 Å². The molecule has 2 aromatic rings. The first kappa shape index (κ1) is 16.1. The van der Waals surface area contributed by atoms with Gasteiger partial charge >= 0.3 is 0 Å². The minimum Gasteiger partial charge on any atom is -0.489 e. The minimum absolute atomic E-state index is 0.121. The van der Waals surface area contributed by atoms with Crippen LogP contribution in [0.5, 0.6) is 5.75 Å². The van der Waals surface area contributed by atoms with Crippen LogP contribution in [0.4, 0.5) is 0 Å². The molecule has 0 saturated heterocycles. The van der Waals surface area contributed by atoms with Crippen molar-refractivity contribution in [1.82, 2.24) is 5.32 Å². The zero-order valence-corrected chi connectivity index (χ0v) is 13.8. The molecular formula is C18H24ClNO. The maximum Gasteiger partial charge on any atom is 0.127 e. The monoisotopic (exact) mass is 305 g/mol. The van der Waals surface area contributed by atoms with Gasteiger partial charge in [0.1, 0.15) is 11.9 Å². The molecule has 114 valence electrons. The highest BCUT2D eigenvalue weighted by molar-refractivity contribution is 6.35. The molecular weight excluding hydrogens is 282 g/mol. The molecule has 0 aliphatic heterocycles. The van der Waals surface area contributed by atoms with Gasteiger partial charge in [0, 0.05) is 28.4 Å². The van der Waals surface area contributed by atoms with E-state index in [9.17, 15) is 0 Å². The van der Waals surface area contributed by atoms with Crippen molar-refractivity contribution >= 4 is 22.4 Å². The Kier molecular flexibility index (Phi) is 5.89. The third kappa shape index (κ3) is 4.12. The van der Waals surface area contributed by atoms with E-state index < -0.39 is 0 Å². The highest BCUT2D eigenvalue weighted by atomic mass is 35.5. The van der Waals surface area contributed by atoms with E-state index in [2.05, 4.69) is 32.2 Å². The smallest absolute Gasteiger partial charge is 0.127 e. The summed E-state index contributed by atoms with van der Waals surface area (Å²) in [5, 5.41) is 6.42. The summed E-state index contributed by atoms with van der Waals surface area (Å²) in [6, 6.07) is 12.5. The average molecular weight is 306 g/mol. The summed E-state index contributed by atoms with van der Waals surface area (Å²) in [7, 11) is 0. The molecule has 1 atom stereocenters. The number of hydrogen-bond acceptors (Lipinski definition) is 2. The van der Waals surface area contributed by atoms with Crippen molar-refractivity contribution in [3.63, 3.8) is 0 Å². The SMILES string of the molecule is CCC(CC)NCC(C)Oc1ccc(Cl)c2ccccc12. The van der Waals surface area contributed by atoms with Crippen molar-refractivity contribution in [1.29, 1.82) is 0 Å². The van der Waals surface area contributed by atoms with Crippen LogP contribution in [0.15, 0.2) is 36.4 Å². The maximum absolute atomic E-state index is 6.24. The molecule has 1 unspecified atom stereocenters. The lowest BCUT2D eigenvalue weighted by Gasteiger charge is -2.20. The van der Waals surface area contributed by atoms with Gasteiger partial charge in [-0.3, -0.25) is 0 Å². The molecule has 0 radical (unpaired) electrons. The quantitative estimate of drug-likeness (QED) is 0.774. The van der Waals surface area contributed by atoms with Gasteiger partial charge in [-0.25, -0.2) is 0 Å². The van der Waals surface area contributed by atoms with E-state index in [1.54, 1.807) is 0 Å². The number of benzene rings is 2. The average Bonchev–Trinajstić information content (AvgIpc) is 2.51. The van der Waals surface area contributed by atoms with Crippen LogP contribution < -0.4 is 10.1 Å². The first-order chi connectivity index (χ1) is 10.2. The summed E-state index contributed by atoms with van der Waals surface area (Å²) in [5.74, 6) is 0.897. The molecule has 2 aromatic carbocycles. The topological polar surface area (TPSA) is 21.3 Å². The van der Waals surface area contributed by atoms with Crippen LogP contribution in [0.3, 0.4) is 0 Å². The summed E-state index contributed by atoms with van der Waals surface area (Å²) >= 11 is 6.24. The van der Waals surface area contributed by atoms with Crippen LogP contribution in [-0.4, -0.2) is 18.7 Å². The Balaban J connectivity index is 2.08. The first-order valence-corrected chi connectivity index (χ1v) is 8.10. The Bertz CT molecular complexity index is 580. The zero-order chi connectivity index (χ0) is 15.2. The van der Waals surface area contributed by atoms with Gasteiger partial charge < -0.3 is 10.1 Å². The molecule has 21 heavy (non-hydrogen) atoms. The van der Waals surface area contributed by atoms with Crippen molar-refractivity contribution in [2.24, 2.45) is 0 Å². The molecule has 0 spiro atoms. The fourth-order valence-corrected chi connectivity index (χ4v) is 2.73. The molecule has 0 amide bonds. The van der Waals surface area contributed by atoms with E-state index in [1.165, 1.54) is 0 Å². The van der Waals surface area contributed by atoms with Crippen molar-refractivity contribution in [2.45, 2.75) is 45.8 Å². The van der Waals surface area contributed by atoms with Gasteiger partial charge in [0.15, 0.2) is 0 Å². The second kappa shape index (κ2) is 7.67. The van der Waals surface area contributed by atoms with Gasteiger partial charge in [0.05, 0.1) is 0 Å². The predicted octanol–water partition coefficient (Wildman–Crippen LogP) is 5.04. The molecule has 0 aliphatic rings. The number of halogens is 1. The summed E-state index contributed by atoms with van der Waals surface area (Å²) in [6.07, 6.45) is 2.41. The second-order valence-electron chi connectivity index (χ2n) is 5.44. The van der Waals surface area contributed by atoms with Crippen LogP contribution in [0.25, 0.3) is 10.8 Å². The second-order valence-corrected chi connectivity index (χ2v) is 5.85. The van der Waals surface area contributed by atoms with Crippen LogP contribution in [-0.2, 0) is 0 Å². The van der Waals surface area contributed by atoms with E-state index >= 15 is 0 Å². The number of hydrogen-bond donors (Lipinski definition) is 1. The molecule has 0 fully saturated rings. The Labute approximate surface area is 132 Å². The van der Waals surface area contributed by atoms with E-state index in [0.717, 1.165) is 40.9 Å². The lowest BCUT2D eigenvalue weighted by molar-refractivity contribution is 0.212. The summed E-state index contributed by atoms with van der Waals surface area (Å²) in [6.45, 7) is 7.36. The van der Waals surface area contributed by atoms with Gasteiger partial charge in [0.2, 0.25) is 0 Å². The highest BCUT2D eigenvalue weighted by Crippen LogP contribution is 2.31. The predicted molar refractivity (Wildman–Crippen MR) is 91.4 cm³/mol. The van der Waals surface area contributed by atoms with Crippen LogP contribution in [0, 0.1) is 0 Å². The van der Waals surface area contributed by atoms with Crippen LogP contribution >= 0.6 is 11.6 Å². The van der Waals surface area contributed by atoms with Crippen molar-refractivity contribution in [3.8, 4) is 5.75 Å². The maximum atomic E-state index is 6.24. The Morgan fingerprint density at radius 3 is 2.38 bits per heavy atom. The lowest BCUT2D eigenvalue weighted by atomic mass is 10.1. The Morgan fingerprint density at radius 2 is 1.71 bits per heavy atom. The molecule has 0 heterocycles. The summed E-state index contributed by atoms with van der Waals surface area (Å²) < 4.78 is 6.10. The van der Waals surface area contributed by atoms with E-state index in [-0.39, 0.29) is 6.10 Å². The Hall–Kier alpha value is -1.25. The summed E-state index contributed by atoms with van der Waals surface area (Å²) in [4.78, 5) is 0. The van der Waals surface area contributed by atoms with Gasteiger partial charge in [-0.05, 0) is 31.9 Å². The fraction of sp³-hybridized carbons (Fsp3) is 0.444. The lowest BCUT2D eigenvalue weighted by Crippen LogP contribution is -2.36. The number of nitrogens with one attached hydrogen (secondary N) is 1. The summed E-state index contributed by atoms with van der Waals surface area (Å²) in [5.41, 5.74) is 0. The normalized spacial score (nSPS) is 12.8. The van der Waals surface area contributed by atoms with Gasteiger partial charge in [0.25, 0.3) is 0 Å². The third-order valence-corrected chi connectivity index (χ3v) is 4.17. The zero-order valence-electron chi connectivity index (χ0n) is 13.0. The van der Waals surface area contributed by atoms with E-state index in [0.29, 0.717) is 6.04 Å². The highest BCUT2D eigenvalue weighted by Gasteiger charge is 2.10. The van der Waals surface area contributed by atoms with Crippen molar-refractivity contribution in [3.05, 3.63) is 41.4 Å². The third-order valence-electron chi connectivity index (χ3n) is 3.84. The molecule has 2 nitrogen and oxygen atoms in total. The number of fused-ring (bicyclic) bond motifs is 1. The van der Waals surface area contributed by atoms with E-state index in [4.69, 9.17) is 16.3 Å².